The molecule has 1 amide bonds. The average Bonchev–Trinajstić information content (AvgIpc) is 3.19. The number of nitrogens with zero attached hydrogens (tertiary/aromatic N) is 1. The molecule has 0 unspecified atom stereocenters. The van der Waals surface area contributed by atoms with Gasteiger partial charge in [-0.05, 0) is 37.5 Å². The molecular formula is C17H17ClN4O. The molecule has 0 radical (unpaired) electrons. The minimum Gasteiger partial charge on any atom is -0.349 e. The smallest absolute Gasteiger partial charge is 0.268 e. The topological polar surface area (TPSA) is 73.6 Å². The number of carbonyl (C=O) groups is 1. The van der Waals surface area contributed by atoms with Gasteiger partial charge in [-0.1, -0.05) is 23.7 Å². The van der Waals surface area contributed by atoms with Crippen molar-refractivity contribution >= 4 is 28.4 Å². The average molecular weight is 329 g/mol. The largest absolute Gasteiger partial charge is 0.349 e. The van der Waals surface area contributed by atoms with Crippen molar-refractivity contribution in [2.45, 2.75) is 32.2 Å². The van der Waals surface area contributed by atoms with Crippen LogP contribution in [0.2, 0.25) is 5.02 Å². The third-order valence-electron chi connectivity index (χ3n) is 4.36. The number of fused-ring (bicyclic) bond motifs is 1. The van der Waals surface area contributed by atoms with Crippen LogP contribution in [0.3, 0.4) is 0 Å². The van der Waals surface area contributed by atoms with Crippen molar-refractivity contribution in [1.29, 1.82) is 0 Å². The molecule has 1 aliphatic carbocycles. The van der Waals surface area contributed by atoms with Crippen molar-refractivity contribution < 1.29 is 4.79 Å². The van der Waals surface area contributed by atoms with Crippen molar-refractivity contribution in [3.63, 3.8) is 0 Å². The third kappa shape index (κ3) is 2.61. The fraction of sp³-hybridized carbons (Fsp3) is 0.294. The van der Waals surface area contributed by atoms with Gasteiger partial charge in [-0.3, -0.25) is 9.89 Å². The van der Waals surface area contributed by atoms with Crippen molar-refractivity contribution in [3.8, 4) is 0 Å². The van der Waals surface area contributed by atoms with Crippen molar-refractivity contribution in [2.24, 2.45) is 0 Å². The maximum Gasteiger partial charge on any atom is 0.268 e. The Balaban J connectivity index is 1.52. The van der Waals surface area contributed by atoms with Crippen LogP contribution in [0.15, 0.2) is 24.3 Å². The maximum atomic E-state index is 12.5. The summed E-state index contributed by atoms with van der Waals surface area (Å²) in [7, 11) is 0. The van der Waals surface area contributed by atoms with Crippen LogP contribution in [0.1, 0.15) is 46.2 Å². The first kappa shape index (κ1) is 14.3. The zero-order valence-electron chi connectivity index (χ0n) is 12.7. The summed E-state index contributed by atoms with van der Waals surface area (Å²) in [6, 6.07) is 7.69. The Hall–Kier alpha value is -2.27. The number of aryl methyl sites for hydroxylation is 1. The minimum atomic E-state index is -0.141. The maximum absolute atomic E-state index is 12.5. The normalized spacial score (nSPS) is 14.3. The minimum absolute atomic E-state index is 0.141. The molecule has 0 atom stereocenters. The number of benzene rings is 1. The number of hydrogen-bond acceptors (Lipinski definition) is 2. The molecule has 23 heavy (non-hydrogen) atoms. The van der Waals surface area contributed by atoms with Crippen molar-refractivity contribution in [2.75, 3.05) is 0 Å². The Morgan fingerprint density at radius 3 is 3.00 bits per heavy atom. The molecule has 5 nitrogen and oxygen atoms in total. The van der Waals surface area contributed by atoms with Crippen LogP contribution in [-0.4, -0.2) is 21.1 Å². The Labute approximate surface area is 138 Å². The SMILES string of the molecule is Cc1c(C(=O)NCc2cc(C3CC3)n[nH]2)[nH]c2c(Cl)cccc12. The number of nitrogens with one attached hydrogen (secondary N) is 3. The van der Waals surface area contributed by atoms with Gasteiger partial charge in [0.25, 0.3) is 5.91 Å². The number of aromatic nitrogens is 3. The van der Waals surface area contributed by atoms with E-state index < -0.39 is 0 Å². The highest BCUT2D eigenvalue weighted by atomic mass is 35.5. The van der Waals surface area contributed by atoms with E-state index in [-0.39, 0.29) is 5.91 Å². The number of amides is 1. The summed E-state index contributed by atoms with van der Waals surface area (Å²) < 4.78 is 0. The second-order valence-electron chi connectivity index (χ2n) is 6.06. The van der Waals surface area contributed by atoms with E-state index in [9.17, 15) is 4.79 Å². The van der Waals surface area contributed by atoms with Gasteiger partial charge in [-0.15, -0.1) is 0 Å². The lowest BCUT2D eigenvalue weighted by Gasteiger charge is -2.02. The first-order valence-corrected chi connectivity index (χ1v) is 8.10. The molecule has 0 spiro atoms. The van der Waals surface area contributed by atoms with Gasteiger partial charge >= 0.3 is 0 Å². The molecule has 0 aliphatic heterocycles. The first-order valence-electron chi connectivity index (χ1n) is 7.72. The number of hydrogen-bond donors (Lipinski definition) is 3. The summed E-state index contributed by atoms with van der Waals surface area (Å²) >= 11 is 6.18. The molecule has 4 rings (SSSR count). The molecule has 0 saturated heterocycles. The molecule has 0 bridgehead atoms. The Morgan fingerprint density at radius 1 is 1.43 bits per heavy atom. The highest BCUT2D eigenvalue weighted by Gasteiger charge is 2.26. The van der Waals surface area contributed by atoms with Gasteiger partial charge < -0.3 is 10.3 Å². The molecule has 3 aromatic rings. The Kier molecular flexibility index (Phi) is 3.38. The second-order valence-corrected chi connectivity index (χ2v) is 6.47. The van der Waals surface area contributed by atoms with Gasteiger partial charge in [-0.2, -0.15) is 5.10 Å². The highest BCUT2D eigenvalue weighted by molar-refractivity contribution is 6.35. The molecule has 1 aromatic carbocycles. The number of halogens is 1. The van der Waals surface area contributed by atoms with E-state index in [1.54, 1.807) is 0 Å². The molecule has 118 valence electrons. The van der Waals surface area contributed by atoms with Crippen molar-refractivity contribution in [1.82, 2.24) is 20.5 Å². The van der Waals surface area contributed by atoms with E-state index in [0.29, 0.717) is 23.2 Å². The van der Waals surface area contributed by atoms with Gasteiger partial charge in [0, 0.05) is 11.3 Å². The second kappa shape index (κ2) is 5.42. The first-order chi connectivity index (χ1) is 11.1. The van der Waals surface area contributed by atoms with Crippen LogP contribution in [-0.2, 0) is 6.54 Å². The Morgan fingerprint density at radius 2 is 2.26 bits per heavy atom. The Bertz CT molecular complexity index is 891. The molecule has 1 fully saturated rings. The predicted molar refractivity (Wildman–Crippen MR) is 89.8 cm³/mol. The summed E-state index contributed by atoms with van der Waals surface area (Å²) in [4.78, 5) is 15.6. The quantitative estimate of drug-likeness (QED) is 0.683. The molecular weight excluding hydrogens is 312 g/mol. The summed E-state index contributed by atoms with van der Waals surface area (Å²) in [6.07, 6.45) is 2.43. The lowest BCUT2D eigenvalue weighted by molar-refractivity contribution is 0.0945. The van der Waals surface area contributed by atoms with E-state index in [1.165, 1.54) is 12.8 Å². The van der Waals surface area contributed by atoms with Crippen LogP contribution >= 0.6 is 11.6 Å². The molecule has 2 aromatic heterocycles. The summed E-state index contributed by atoms with van der Waals surface area (Å²) in [5.41, 5.74) is 4.28. The van der Waals surface area contributed by atoms with Crippen LogP contribution in [0.4, 0.5) is 0 Å². The molecule has 2 heterocycles. The van der Waals surface area contributed by atoms with Crippen LogP contribution < -0.4 is 5.32 Å². The number of H-pyrrole nitrogens is 2. The van der Waals surface area contributed by atoms with Crippen molar-refractivity contribution in [3.05, 3.63) is 51.9 Å². The number of rotatable bonds is 4. The third-order valence-corrected chi connectivity index (χ3v) is 4.67. The number of para-hydroxylation sites is 1. The van der Waals surface area contributed by atoms with E-state index >= 15 is 0 Å². The fourth-order valence-electron chi connectivity index (χ4n) is 2.87. The zero-order chi connectivity index (χ0) is 16.0. The highest BCUT2D eigenvalue weighted by Crippen LogP contribution is 2.39. The summed E-state index contributed by atoms with van der Waals surface area (Å²) in [5.74, 6) is 0.464. The van der Waals surface area contributed by atoms with E-state index in [1.807, 2.05) is 31.2 Å². The fourth-order valence-corrected chi connectivity index (χ4v) is 3.09. The van der Waals surface area contributed by atoms with Gasteiger partial charge in [-0.25, -0.2) is 0 Å². The van der Waals surface area contributed by atoms with E-state index in [2.05, 4.69) is 20.5 Å². The number of aromatic amines is 2. The van der Waals surface area contributed by atoms with Gasteiger partial charge in [0.1, 0.15) is 5.69 Å². The predicted octanol–water partition coefficient (Wildman–Crippen LogP) is 3.66. The van der Waals surface area contributed by atoms with Crippen LogP contribution in [0.5, 0.6) is 0 Å². The lowest BCUT2D eigenvalue weighted by atomic mass is 10.1. The molecule has 1 aliphatic rings. The van der Waals surface area contributed by atoms with Crippen LogP contribution in [0, 0.1) is 6.92 Å². The summed E-state index contributed by atoms with van der Waals surface area (Å²) in [6.45, 7) is 2.35. The standard InChI is InChI=1S/C17H17ClN4O/c1-9-12-3-2-4-13(18)16(12)20-15(9)17(23)19-8-11-7-14(22-21-11)10-5-6-10/h2-4,7,10,20H,5-6,8H2,1H3,(H,19,23)(H,21,22). The molecule has 1 saturated carbocycles. The van der Waals surface area contributed by atoms with Gasteiger partial charge in [0.2, 0.25) is 0 Å². The number of carbonyl (C=O) groups excluding carboxylic acids is 1. The molecule has 6 heteroatoms. The summed E-state index contributed by atoms with van der Waals surface area (Å²) in [5, 5.41) is 11.8. The van der Waals surface area contributed by atoms with Gasteiger partial charge in [0.05, 0.1) is 28.5 Å². The zero-order valence-corrected chi connectivity index (χ0v) is 13.5. The van der Waals surface area contributed by atoms with E-state index in [4.69, 9.17) is 11.6 Å². The van der Waals surface area contributed by atoms with Gasteiger partial charge in [0.15, 0.2) is 0 Å². The monoisotopic (exact) mass is 328 g/mol. The van der Waals surface area contributed by atoms with Crippen LogP contribution in [0.25, 0.3) is 10.9 Å². The molecule has 3 N–H and O–H groups in total. The lowest BCUT2D eigenvalue weighted by Crippen LogP contribution is -2.24. The van der Waals surface area contributed by atoms with E-state index in [0.717, 1.165) is 27.9 Å².